The summed E-state index contributed by atoms with van der Waals surface area (Å²) in [6.45, 7) is 3.56. The van der Waals surface area contributed by atoms with E-state index in [2.05, 4.69) is 4.72 Å². The summed E-state index contributed by atoms with van der Waals surface area (Å²) >= 11 is 0. The first-order valence-electron chi connectivity index (χ1n) is 5.08. The Kier molecular flexibility index (Phi) is 6.50. The van der Waals surface area contributed by atoms with E-state index in [-0.39, 0.29) is 11.6 Å². The zero-order valence-electron chi connectivity index (χ0n) is 10.3. The SMILES string of the molecule is CC(C)NS(C)(=O)=O.O=C(O)c1cccc(F)c1. The molecule has 0 saturated heterocycles. The van der Waals surface area contributed by atoms with E-state index < -0.39 is 21.8 Å². The van der Waals surface area contributed by atoms with Crippen LogP contribution in [0.5, 0.6) is 0 Å². The summed E-state index contributed by atoms with van der Waals surface area (Å²) in [7, 11) is -2.97. The number of sulfonamides is 1. The molecule has 0 unspecified atom stereocenters. The molecule has 0 bridgehead atoms. The molecule has 7 heteroatoms. The molecule has 1 aromatic rings. The van der Waals surface area contributed by atoms with Crippen LogP contribution in [0.1, 0.15) is 24.2 Å². The summed E-state index contributed by atoms with van der Waals surface area (Å²) in [6, 6.07) is 4.88. The third-order valence-corrected chi connectivity index (χ3v) is 2.42. The van der Waals surface area contributed by atoms with E-state index in [1.165, 1.54) is 18.2 Å². The van der Waals surface area contributed by atoms with Gasteiger partial charge in [0, 0.05) is 6.04 Å². The Morgan fingerprint density at radius 1 is 1.39 bits per heavy atom. The van der Waals surface area contributed by atoms with Crippen LogP contribution in [-0.4, -0.2) is 31.8 Å². The molecule has 0 aliphatic rings. The lowest BCUT2D eigenvalue weighted by Gasteiger charge is -2.02. The summed E-state index contributed by atoms with van der Waals surface area (Å²) in [5.74, 6) is -1.64. The minimum absolute atomic E-state index is 0.00463. The Morgan fingerprint density at radius 3 is 2.17 bits per heavy atom. The van der Waals surface area contributed by atoms with Crippen molar-refractivity contribution in [1.82, 2.24) is 4.72 Å². The molecule has 2 N–H and O–H groups in total. The first kappa shape index (κ1) is 16.5. The fourth-order valence-electron chi connectivity index (χ4n) is 1.05. The number of carbonyl (C=O) groups is 1. The van der Waals surface area contributed by atoms with E-state index in [0.717, 1.165) is 12.3 Å². The molecule has 0 aliphatic heterocycles. The van der Waals surface area contributed by atoms with Gasteiger partial charge >= 0.3 is 5.97 Å². The molecule has 0 saturated carbocycles. The van der Waals surface area contributed by atoms with Crippen LogP contribution in [-0.2, 0) is 10.0 Å². The lowest BCUT2D eigenvalue weighted by atomic mass is 10.2. The second-order valence-corrected chi connectivity index (χ2v) is 5.64. The van der Waals surface area contributed by atoms with Gasteiger partial charge in [-0.05, 0) is 32.0 Å². The van der Waals surface area contributed by atoms with Gasteiger partial charge in [0.25, 0.3) is 0 Å². The van der Waals surface area contributed by atoms with Crippen molar-refractivity contribution in [3.8, 4) is 0 Å². The average molecular weight is 277 g/mol. The highest BCUT2D eigenvalue weighted by atomic mass is 32.2. The molecular formula is C11H16FNO4S. The monoisotopic (exact) mass is 277 g/mol. The summed E-state index contributed by atoms with van der Waals surface area (Å²) in [4.78, 5) is 10.2. The largest absolute Gasteiger partial charge is 0.478 e. The Hall–Kier alpha value is -1.47. The van der Waals surface area contributed by atoms with Crippen molar-refractivity contribution in [2.75, 3.05) is 6.26 Å². The lowest BCUT2D eigenvalue weighted by molar-refractivity contribution is 0.0696. The molecule has 0 aliphatic carbocycles. The van der Waals surface area contributed by atoms with Gasteiger partial charge in [-0.15, -0.1) is 0 Å². The second kappa shape index (κ2) is 7.07. The van der Waals surface area contributed by atoms with Crippen LogP contribution in [0.25, 0.3) is 0 Å². The van der Waals surface area contributed by atoms with Crippen LogP contribution >= 0.6 is 0 Å². The molecule has 0 amide bonds. The Bertz CT molecular complexity index is 500. The van der Waals surface area contributed by atoms with Crippen LogP contribution in [0.4, 0.5) is 4.39 Å². The Labute approximate surface area is 106 Å². The van der Waals surface area contributed by atoms with Gasteiger partial charge in [-0.3, -0.25) is 0 Å². The highest BCUT2D eigenvalue weighted by molar-refractivity contribution is 7.88. The number of hydrogen-bond acceptors (Lipinski definition) is 3. The standard InChI is InChI=1S/C7H5FO2.C4H11NO2S/c8-6-3-1-2-5(4-6)7(9)10;1-4(2)5-8(3,6)7/h1-4H,(H,9,10);4-5H,1-3H3. The van der Waals surface area contributed by atoms with Gasteiger partial charge in [0.15, 0.2) is 0 Å². The van der Waals surface area contributed by atoms with E-state index in [4.69, 9.17) is 5.11 Å². The van der Waals surface area contributed by atoms with Crippen LogP contribution in [0.2, 0.25) is 0 Å². The molecule has 1 rings (SSSR count). The van der Waals surface area contributed by atoms with Crippen molar-refractivity contribution in [3.05, 3.63) is 35.6 Å². The molecule has 0 fully saturated rings. The fraction of sp³-hybridized carbons (Fsp3) is 0.364. The summed E-state index contributed by atoms with van der Waals surface area (Å²) in [5, 5.41) is 8.34. The molecule has 18 heavy (non-hydrogen) atoms. The molecule has 0 heterocycles. The van der Waals surface area contributed by atoms with Crippen LogP contribution in [0.15, 0.2) is 24.3 Å². The van der Waals surface area contributed by atoms with Crippen molar-refractivity contribution < 1.29 is 22.7 Å². The van der Waals surface area contributed by atoms with Gasteiger partial charge in [-0.2, -0.15) is 0 Å². The third-order valence-electron chi connectivity index (χ3n) is 1.52. The van der Waals surface area contributed by atoms with Crippen molar-refractivity contribution in [1.29, 1.82) is 0 Å². The van der Waals surface area contributed by atoms with E-state index in [0.29, 0.717) is 0 Å². The van der Waals surface area contributed by atoms with Gasteiger partial charge in [-0.25, -0.2) is 22.3 Å². The minimum Gasteiger partial charge on any atom is -0.478 e. The zero-order chi connectivity index (χ0) is 14.3. The van der Waals surface area contributed by atoms with E-state index in [9.17, 15) is 17.6 Å². The molecule has 5 nitrogen and oxygen atoms in total. The molecule has 102 valence electrons. The molecule has 1 aromatic carbocycles. The topological polar surface area (TPSA) is 83.5 Å². The molecule has 0 atom stereocenters. The molecule has 0 spiro atoms. The van der Waals surface area contributed by atoms with Crippen LogP contribution in [0.3, 0.4) is 0 Å². The van der Waals surface area contributed by atoms with Gasteiger partial charge < -0.3 is 5.11 Å². The maximum absolute atomic E-state index is 12.3. The highest BCUT2D eigenvalue weighted by Crippen LogP contribution is 2.02. The van der Waals surface area contributed by atoms with Crippen molar-refractivity contribution in [3.63, 3.8) is 0 Å². The van der Waals surface area contributed by atoms with Crippen molar-refractivity contribution in [2.24, 2.45) is 0 Å². The number of carboxylic acids is 1. The number of benzene rings is 1. The quantitative estimate of drug-likeness (QED) is 0.876. The maximum Gasteiger partial charge on any atom is 0.335 e. The highest BCUT2D eigenvalue weighted by Gasteiger charge is 2.01. The Morgan fingerprint density at radius 2 is 1.94 bits per heavy atom. The minimum atomic E-state index is -2.97. The first-order chi connectivity index (χ1) is 8.11. The lowest BCUT2D eigenvalue weighted by Crippen LogP contribution is -2.28. The van der Waals surface area contributed by atoms with Crippen molar-refractivity contribution in [2.45, 2.75) is 19.9 Å². The zero-order valence-corrected chi connectivity index (χ0v) is 11.2. The van der Waals surface area contributed by atoms with Gasteiger partial charge in [0.2, 0.25) is 10.0 Å². The van der Waals surface area contributed by atoms with Crippen LogP contribution < -0.4 is 4.72 Å². The van der Waals surface area contributed by atoms with E-state index in [1.807, 2.05) is 0 Å². The predicted molar refractivity (Wildman–Crippen MR) is 66.5 cm³/mol. The fourth-order valence-corrected chi connectivity index (χ4v) is 1.91. The van der Waals surface area contributed by atoms with E-state index >= 15 is 0 Å². The molecule has 0 radical (unpaired) electrons. The predicted octanol–water partition coefficient (Wildman–Crippen LogP) is 1.47. The third kappa shape index (κ3) is 8.66. The first-order valence-corrected chi connectivity index (χ1v) is 6.97. The van der Waals surface area contributed by atoms with Crippen molar-refractivity contribution >= 4 is 16.0 Å². The number of rotatable bonds is 3. The van der Waals surface area contributed by atoms with Gasteiger partial charge in [0.05, 0.1) is 11.8 Å². The Balaban J connectivity index is 0.000000331. The number of nitrogens with one attached hydrogen (secondary N) is 1. The normalized spacial score (nSPS) is 10.7. The number of aromatic carboxylic acids is 1. The molecule has 0 aromatic heterocycles. The van der Waals surface area contributed by atoms with Gasteiger partial charge in [0.1, 0.15) is 5.82 Å². The number of hydrogen-bond donors (Lipinski definition) is 2. The van der Waals surface area contributed by atoms with Crippen LogP contribution in [0, 0.1) is 5.82 Å². The summed E-state index contributed by atoms with van der Waals surface area (Å²) in [5.41, 5.74) is -0.0278. The maximum atomic E-state index is 12.3. The van der Waals surface area contributed by atoms with Gasteiger partial charge in [-0.1, -0.05) is 6.07 Å². The van der Waals surface area contributed by atoms with E-state index in [1.54, 1.807) is 13.8 Å². The summed E-state index contributed by atoms with van der Waals surface area (Å²) < 4.78 is 35.3. The number of carboxylic acid groups (broad SMARTS) is 1. The number of halogens is 1. The second-order valence-electron chi connectivity index (χ2n) is 3.86. The molecular weight excluding hydrogens is 261 g/mol. The average Bonchev–Trinajstić information content (AvgIpc) is 2.14. The summed E-state index contributed by atoms with van der Waals surface area (Å²) in [6.07, 6.45) is 1.15. The smallest absolute Gasteiger partial charge is 0.335 e.